The second-order valence-electron chi connectivity index (χ2n) is 26.6. The van der Waals surface area contributed by atoms with Gasteiger partial charge in [-0.2, -0.15) is 0 Å². The molecule has 0 radical (unpaired) electrons. The lowest BCUT2D eigenvalue weighted by Gasteiger charge is -2.43. The predicted octanol–water partition coefficient (Wildman–Crippen LogP) is 13.8. The zero-order chi connectivity index (χ0) is 56.2. The number of fused-ring (bicyclic) bond motifs is 14. The van der Waals surface area contributed by atoms with Crippen LogP contribution in [0.5, 0.6) is 34.5 Å². The van der Waals surface area contributed by atoms with E-state index in [-0.39, 0.29) is 36.4 Å². The number of thiophene rings is 2. The third-order valence-electron chi connectivity index (χ3n) is 17.9. The summed E-state index contributed by atoms with van der Waals surface area (Å²) in [6.45, 7) is 33.4. The molecule has 2 aromatic heterocycles. The molecule has 7 aromatic carbocycles. The normalized spacial score (nSPS) is 14.9. The molecule has 0 saturated carbocycles. The standard InChI is InChI=1S/C69H64B3N3O3S3/c1-35-24-49-60-55(27-35)78-64-43-30-41(69(12,13)14)19-23-59(43)81-66(64)71(60)44-31-47-54(33-48(44)73-49)76-56-28-37(3)26-53-62(56)70(47)46-32-45-50(34-51(46)75(53)79-15)74(42-20-17-40(18-21-42)68(9,10)11)52-25-36(2)29-57-61(52)72(45)65-63(77-57)39(5)58(80-65)22-16-38(4)67(6,7)8/h16-34,73H,4H2,1-3,5-15H3/b22-16-. The Morgan fingerprint density at radius 1 is 0.556 bits per heavy atom. The molecule has 0 amide bonds. The van der Waals surface area contributed by atoms with Gasteiger partial charge in [-0.1, -0.05) is 105 Å². The average Bonchev–Trinajstić information content (AvgIpc) is 2.26. The monoisotopic (exact) mass is 1110 g/mol. The minimum absolute atomic E-state index is 0.00199. The Bertz CT molecular complexity index is 4340. The molecule has 0 saturated heterocycles. The number of nitrogens with zero attached hydrogens (tertiary/aromatic N) is 2. The third-order valence-corrected chi connectivity index (χ3v) is 21.2. The zero-order valence-electron chi connectivity index (χ0n) is 48.8. The molecule has 0 unspecified atom stereocenters. The number of allylic oxidation sites excluding steroid dienone is 2. The van der Waals surface area contributed by atoms with E-state index in [0.717, 1.165) is 90.8 Å². The molecular formula is C69H64B3N3O3S3. The highest BCUT2D eigenvalue weighted by molar-refractivity contribution is 8.00. The van der Waals surface area contributed by atoms with Crippen LogP contribution >= 0.6 is 34.6 Å². The van der Waals surface area contributed by atoms with E-state index in [1.165, 1.54) is 85.3 Å². The van der Waals surface area contributed by atoms with Crippen molar-refractivity contribution in [2.24, 2.45) is 5.41 Å². The summed E-state index contributed by atoms with van der Waals surface area (Å²) >= 11 is 5.49. The van der Waals surface area contributed by atoms with Crippen LogP contribution in [-0.2, 0) is 10.8 Å². The Morgan fingerprint density at radius 2 is 1.16 bits per heavy atom. The van der Waals surface area contributed by atoms with E-state index in [9.17, 15) is 0 Å². The van der Waals surface area contributed by atoms with Gasteiger partial charge in [0.25, 0.3) is 20.1 Å². The molecule has 6 nitrogen and oxygen atoms in total. The van der Waals surface area contributed by atoms with Crippen LogP contribution in [0.25, 0.3) is 16.2 Å². The zero-order valence-corrected chi connectivity index (χ0v) is 51.2. The number of rotatable bonds is 4. The van der Waals surface area contributed by atoms with Crippen LogP contribution in [0, 0.1) is 33.1 Å². The van der Waals surface area contributed by atoms with Crippen molar-refractivity contribution in [2.45, 2.75) is 101 Å². The fourth-order valence-corrected chi connectivity index (χ4v) is 16.7. The Balaban J connectivity index is 0.984. The van der Waals surface area contributed by atoms with Crippen molar-refractivity contribution in [2.75, 3.05) is 20.8 Å². The molecule has 400 valence electrons. The lowest BCUT2D eigenvalue weighted by atomic mass is 9.30. The van der Waals surface area contributed by atoms with Gasteiger partial charge in [-0.25, -0.2) is 0 Å². The molecule has 81 heavy (non-hydrogen) atoms. The summed E-state index contributed by atoms with van der Waals surface area (Å²) in [5, 5.41) is 5.13. The van der Waals surface area contributed by atoms with Gasteiger partial charge in [0.05, 0.1) is 5.69 Å². The molecule has 9 aromatic rings. The summed E-state index contributed by atoms with van der Waals surface area (Å²) < 4.78 is 27.8. The predicted molar refractivity (Wildman–Crippen MR) is 354 cm³/mol. The third kappa shape index (κ3) is 7.54. The second kappa shape index (κ2) is 17.3. The lowest BCUT2D eigenvalue weighted by molar-refractivity contribution is 0.485. The molecule has 8 heterocycles. The van der Waals surface area contributed by atoms with Gasteiger partial charge in [0.1, 0.15) is 34.5 Å². The van der Waals surface area contributed by atoms with E-state index >= 15 is 0 Å². The van der Waals surface area contributed by atoms with Crippen molar-refractivity contribution in [3.63, 3.8) is 0 Å². The molecule has 12 heteroatoms. The fourth-order valence-electron chi connectivity index (χ4n) is 13.5. The molecular weight excluding hydrogens is 1050 g/mol. The topological polar surface area (TPSA) is 46.2 Å². The molecule has 0 aliphatic carbocycles. The van der Waals surface area contributed by atoms with Crippen LogP contribution < -0.4 is 76.5 Å². The first-order valence-corrected chi connectivity index (χ1v) is 31.3. The van der Waals surface area contributed by atoms with E-state index in [1.54, 1.807) is 11.9 Å². The highest BCUT2D eigenvalue weighted by Gasteiger charge is 2.50. The van der Waals surface area contributed by atoms with Gasteiger partial charge in [0.15, 0.2) is 0 Å². The van der Waals surface area contributed by atoms with Crippen LogP contribution in [-0.4, -0.2) is 26.4 Å². The second-order valence-corrected chi connectivity index (χ2v) is 29.5. The summed E-state index contributed by atoms with van der Waals surface area (Å²) in [6.07, 6.45) is 6.68. The van der Waals surface area contributed by atoms with Crippen molar-refractivity contribution < 1.29 is 14.2 Å². The highest BCUT2D eigenvalue weighted by Crippen LogP contribution is 2.49. The number of aryl methyl sites for hydroxylation is 3. The van der Waals surface area contributed by atoms with Crippen molar-refractivity contribution in [1.82, 2.24) is 0 Å². The summed E-state index contributed by atoms with van der Waals surface area (Å²) in [6, 6.07) is 39.9. The van der Waals surface area contributed by atoms with Gasteiger partial charge in [0.2, 0.25) is 0 Å². The van der Waals surface area contributed by atoms with E-state index < -0.39 is 0 Å². The first-order valence-electron chi connectivity index (χ1n) is 28.4. The summed E-state index contributed by atoms with van der Waals surface area (Å²) in [5.41, 5.74) is 24.8. The van der Waals surface area contributed by atoms with Gasteiger partial charge in [-0.15, -0.1) is 22.7 Å². The maximum Gasteiger partial charge on any atom is 0.268 e. The van der Waals surface area contributed by atoms with Crippen molar-refractivity contribution in [3.8, 4) is 34.5 Å². The fraction of sp³-hybridized carbons (Fsp3) is 0.246. The number of nitrogens with one attached hydrogen (secondary N) is 1. The summed E-state index contributed by atoms with van der Waals surface area (Å²) in [5.74, 6) is 5.58. The van der Waals surface area contributed by atoms with Crippen molar-refractivity contribution in [3.05, 3.63) is 160 Å². The van der Waals surface area contributed by atoms with Crippen LogP contribution in [0.2, 0.25) is 0 Å². The molecule has 0 spiro atoms. The van der Waals surface area contributed by atoms with E-state index in [2.05, 4.69) is 233 Å². The van der Waals surface area contributed by atoms with Crippen LogP contribution in [0.3, 0.4) is 0 Å². The molecule has 1 N–H and O–H groups in total. The smallest absolute Gasteiger partial charge is 0.268 e. The average molecular weight is 1110 g/mol. The van der Waals surface area contributed by atoms with Crippen molar-refractivity contribution >= 4 is 159 Å². The maximum absolute atomic E-state index is 7.29. The van der Waals surface area contributed by atoms with Gasteiger partial charge in [-0.05, 0) is 200 Å². The number of benzene rings is 7. The number of anilines is 7. The molecule has 6 aliphatic heterocycles. The SMILES string of the molecule is C=C(/C=C\c1sc2c(c1C)Oc1cc(C)cc3c1B2c1cc2c(cc1N3c1ccc(C(C)(C)C)cc1)N(SC)c1cc(C)cc3c1B2c1cc2c(cc1O3)Nc1cc(C)cc3c1B2c1sc2ccc(C(C)(C)C)cc2c1O3)C(C)(C)C. The molecule has 0 atom stereocenters. The van der Waals surface area contributed by atoms with E-state index in [4.69, 9.17) is 14.2 Å². The van der Waals surface area contributed by atoms with Crippen LogP contribution in [0.4, 0.5) is 39.8 Å². The molecule has 0 fully saturated rings. The van der Waals surface area contributed by atoms with Crippen LogP contribution in [0.1, 0.15) is 101 Å². The molecule has 0 bridgehead atoms. The first kappa shape index (κ1) is 50.9. The lowest BCUT2D eigenvalue weighted by Crippen LogP contribution is -2.64. The summed E-state index contributed by atoms with van der Waals surface area (Å²) in [4.78, 5) is 3.72. The number of hydrogen-bond donors (Lipinski definition) is 1. The minimum atomic E-state index is -0.145. The van der Waals surface area contributed by atoms with E-state index in [1.807, 2.05) is 22.7 Å². The van der Waals surface area contributed by atoms with Gasteiger partial charge >= 0.3 is 0 Å². The first-order chi connectivity index (χ1) is 38.5. The highest BCUT2D eigenvalue weighted by atomic mass is 32.2. The Morgan fingerprint density at radius 3 is 1.86 bits per heavy atom. The Kier molecular flexibility index (Phi) is 10.9. The Labute approximate surface area is 490 Å². The quantitative estimate of drug-likeness (QED) is 0.107. The summed E-state index contributed by atoms with van der Waals surface area (Å²) in [7, 11) is 0. The number of ether oxygens (including phenoxy) is 3. The number of hydrogen-bond acceptors (Lipinski definition) is 9. The largest absolute Gasteiger partial charge is 0.458 e. The minimum Gasteiger partial charge on any atom is -0.458 e. The molecule has 6 aliphatic rings. The maximum atomic E-state index is 7.29. The van der Waals surface area contributed by atoms with Crippen LogP contribution in [0.15, 0.2) is 121 Å². The van der Waals surface area contributed by atoms with Gasteiger partial charge < -0.3 is 24.4 Å². The molecule has 15 rings (SSSR count). The van der Waals surface area contributed by atoms with Gasteiger partial charge in [-0.3, -0.25) is 4.31 Å². The van der Waals surface area contributed by atoms with E-state index in [0.29, 0.717) is 0 Å². The Hall–Kier alpha value is -6.98. The van der Waals surface area contributed by atoms with Crippen molar-refractivity contribution in [1.29, 1.82) is 0 Å². The van der Waals surface area contributed by atoms with Gasteiger partial charge in [0, 0.05) is 76.5 Å².